The Morgan fingerprint density at radius 1 is 0.962 bits per heavy atom. The van der Waals surface area contributed by atoms with E-state index in [4.69, 9.17) is 21.5 Å². The van der Waals surface area contributed by atoms with Crippen LogP contribution in [0.4, 0.5) is 11.4 Å². The summed E-state index contributed by atoms with van der Waals surface area (Å²) in [5, 5.41) is 17.2. The molecule has 0 spiro atoms. The highest BCUT2D eigenvalue weighted by Crippen LogP contribution is 2.44. The molecular weight excluding hydrogens is 672 g/mol. The number of hydrogen-bond donors (Lipinski definition) is 6. The zero-order valence-corrected chi connectivity index (χ0v) is 30.3. The van der Waals surface area contributed by atoms with Crippen LogP contribution in [0.15, 0.2) is 65.9 Å². The van der Waals surface area contributed by atoms with E-state index in [1.54, 1.807) is 0 Å². The van der Waals surface area contributed by atoms with E-state index < -0.39 is 0 Å². The van der Waals surface area contributed by atoms with Gasteiger partial charge in [0.05, 0.1) is 47.2 Å². The molecule has 15 heteroatoms. The first kappa shape index (κ1) is 34.7. The van der Waals surface area contributed by atoms with E-state index in [1.165, 1.54) is 6.08 Å². The normalized spacial score (nSPS) is 20.6. The second-order valence-corrected chi connectivity index (χ2v) is 15.0. The van der Waals surface area contributed by atoms with Gasteiger partial charge in [-0.3, -0.25) is 24.0 Å². The molecule has 8 N–H and O–H groups in total. The fourth-order valence-corrected chi connectivity index (χ4v) is 7.47. The molecular formula is C38H48N12O3. The summed E-state index contributed by atoms with van der Waals surface area (Å²) in [7, 11) is 3.97. The van der Waals surface area contributed by atoms with Crippen molar-refractivity contribution in [2.24, 2.45) is 17.4 Å². The monoisotopic (exact) mass is 720 g/mol. The smallest absolute Gasteiger partial charge is 0.272 e. The van der Waals surface area contributed by atoms with Gasteiger partial charge in [-0.05, 0) is 57.4 Å². The van der Waals surface area contributed by atoms with Gasteiger partial charge >= 0.3 is 0 Å². The molecule has 0 bridgehead atoms. The number of para-hydroxylation sites is 1. The van der Waals surface area contributed by atoms with Gasteiger partial charge in [0.2, 0.25) is 5.91 Å². The van der Waals surface area contributed by atoms with E-state index >= 15 is 0 Å². The predicted molar refractivity (Wildman–Crippen MR) is 201 cm³/mol. The molecule has 5 aliphatic rings. The molecule has 5 heterocycles. The number of allylic oxidation sites excluding steroid dienone is 1. The van der Waals surface area contributed by atoms with Crippen LogP contribution in [-0.2, 0) is 22.7 Å². The van der Waals surface area contributed by atoms with Gasteiger partial charge in [0, 0.05) is 75.0 Å². The number of likely N-dealkylation sites (tertiary alicyclic amines) is 2. The van der Waals surface area contributed by atoms with E-state index in [2.05, 4.69) is 41.8 Å². The summed E-state index contributed by atoms with van der Waals surface area (Å²) in [6.45, 7) is 4.39. The zero-order chi connectivity index (χ0) is 36.8. The minimum Gasteiger partial charge on any atom is -0.393 e. The number of amides is 3. The van der Waals surface area contributed by atoms with Gasteiger partial charge in [-0.1, -0.05) is 18.2 Å². The predicted octanol–water partition coefficient (Wildman–Crippen LogP) is 1.57. The van der Waals surface area contributed by atoms with Gasteiger partial charge in [-0.25, -0.2) is 4.98 Å². The molecule has 3 amide bonds. The number of nitrogens with two attached hydrogens (primary N) is 2. The van der Waals surface area contributed by atoms with Crippen LogP contribution >= 0.6 is 0 Å². The third-order valence-corrected chi connectivity index (χ3v) is 10.8. The third-order valence-electron chi connectivity index (χ3n) is 10.8. The number of aromatic nitrogens is 3. The van der Waals surface area contributed by atoms with Crippen LogP contribution in [0, 0.1) is 5.92 Å². The van der Waals surface area contributed by atoms with Crippen molar-refractivity contribution < 1.29 is 14.4 Å². The summed E-state index contributed by atoms with van der Waals surface area (Å²) >= 11 is 0. The van der Waals surface area contributed by atoms with Crippen molar-refractivity contribution in [3.05, 3.63) is 83.0 Å². The number of benzene rings is 1. The molecule has 0 radical (unpaired) electrons. The van der Waals surface area contributed by atoms with E-state index in [0.717, 1.165) is 85.6 Å². The van der Waals surface area contributed by atoms with Crippen molar-refractivity contribution in [1.29, 1.82) is 0 Å². The highest BCUT2D eigenvalue weighted by Gasteiger charge is 2.35. The summed E-state index contributed by atoms with van der Waals surface area (Å²) in [6, 6.07) is 12.4. The summed E-state index contributed by atoms with van der Waals surface area (Å²) in [5.74, 6) is -0.433. The topological polar surface area (TPSA) is 192 Å². The molecule has 278 valence electrons. The minimum absolute atomic E-state index is 0.00948. The average molecular weight is 721 g/mol. The Morgan fingerprint density at radius 2 is 1.75 bits per heavy atom. The van der Waals surface area contributed by atoms with E-state index in [9.17, 15) is 14.4 Å². The van der Waals surface area contributed by atoms with Crippen molar-refractivity contribution in [2.45, 2.75) is 63.3 Å². The maximum absolute atomic E-state index is 13.1. The number of nitrogens with one attached hydrogen (secondary N) is 4. The summed E-state index contributed by atoms with van der Waals surface area (Å²) in [5.41, 5.74) is 19.2. The van der Waals surface area contributed by atoms with Crippen LogP contribution < -0.4 is 37.6 Å². The van der Waals surface area contributed by atoms with E-state index in [1.807, 2.05) is 55.5 Å². The van der Waals surface area contributed by atoms with Crippen molar-refractivity contribution in [3.8, 4) is 11.1 Å². The first-order chi connectivity index (χ1) is 25.6. The number of carbonyl (C=O) groups is 3. The SMILES string of the molecule is CN[C@H]1CCN(C(=O)c2cccc(CN3CC(n4ncc5c4CN(C)c4c(NC(/C=C(\N)NC(=O)C6CC6)=C(/N)C(=O)NC6CC6)cccc4-5)C3)n2)C1. The van der Waals surface area contributed by atoms with Crippen molar-refractivity contribution >= 4 is 29.1 Å². The van der Waals surface area contributed by atoms with Gasteiger partial charge in [0.15, 0.2) is 0 Å². The van der Waals surface area contributed by atoms with Crippen LogP contribution in [0.5, 0.6) is 0 Å². The molecule has 2 aliphatic carbocycles. The van der Waals surface area contributed by atoms with E-state index in [0.29, 0.717) is 37.1 Å². The maximum atomic E-state index is 13.1. The van der Waals surface area contributed by atoms with Crippen LogP contribution in [0.25, 0.3) is 11.1 Å². The molecule has 3 aromatic rings. The lowest BCUT2D eigenvalue weighted by Gasteiger charge is -2.40. The van der Waals surface area contributed by atoms with Crippen LogP contribution in [-0.4, -0.2) is 94.6 Å². The second-order valence-electron chi connectivity index (χ2n) is 15.0. The highest BCUT2D eigenvalue weighted by atomic mass is 16.2. The first-order valence-corrected chi connectivity index (χ1v) is 18.6. The molecule has 0 unspecified atom stereocenters. The molecule has 3 aliphatic heterocycles. The molecule has 1 aromatic carbocycles. The third kappa shape index (κ3) is 7.31. The Labute approximate surface area is 308 Å². The van der Waals surface area contributed by atoms with Crippen molar-refractivity contribution in [3.63, 3.8) is 0 Å². The number of fused-ring (bicyclic) bond motifs is 3. The number of likely N-dealkylation sites (N-methyl/N-ethyl adjacent to an activating group) is 1. The standard InChI is InChI=1S/C38H48N12O3/c1-41-24-13-14-49(18-24)38(53)30-8-3-5-25(43-30)17-48-19-26(20-48)50-32-21-47(2)35-27(28(32)16-42-50)6-4-7-29(35)45-31(34(40)37(52)44-23-11-12-23)15-33(39)46-36(51)22-9-10-22/h3-8,15-16,22-24,26,41,45H,9-14,17-21,39-40H2,1-2H3,(H,44,52)(H,46,51)/b33-15+,34-31+/t24-/m0/s1. The number of rotatable bonds is 12. The Balaban J connectivity index is 0.971. The molecule has 8 rings (SSSR count). The van der Waals surface area contributed by atoms with Gasteiger partial charge in [0.25, 0.3) is 11.8 Å². The fraction of sp³-hybridized carbons (Fsp3) is 0.447. The van der Waals surface area contributed by atoms with E-state index in [-0.39, 0.29) is 47.2 Å². The number of pyridine rings is 1. The van der Waals surface area contributed by atoms with Crippen molar-refractivity contribution in [2.75, 3.05) is 50.5 Å². The van der Waals surface area contributed by atoms with Gasteiger partial charge in [0.1, 0.15) is 17.2 Å². The molecule has 2 saturated carbocycles. The minimum atomic E-state index is -0.384. The summed E-state index contributed by atoms with van der Waals surface area (Å²) < 4.78 is 2.14. The molecule has 2 saturated heterocycles. The van der Waals surface area contributed by atoms with Gasteiger partial charge in [-0.2, -0.15) is 5.10 Å². The lowest BCUT2D eigenvalue weighted by Crippen LogP contribution is -2.48. The summed E-state index contributed by atoms with van der Waals surface area (Å²) in [6.07, 6.45) is 7.95. The van der Waals surface area contributed by atoms with Gasteiger partial charge < -0.3 is 42.5 Å². The van der Waals surface area contributed by atoms with Crippen LogP contribution in [0.3, 0.4) is 0 Å². The van der Waals surface area contributed by atoms with Gasteiger partial charge in [-0.15, -0.1) is 0 Å². The quantitative estimate of drug-likeness (QED) is 0.118. The average Bonchev–Trinajstić information content (AvgIpc) is 4.07. The molecule has 1 atom stereocenters. The lowest BCUT2D eigenvalue weighted by molar-refractivity contribution is -0.121. The highest BCUT2D eigenvalue weighted by molar-refractivity contribution is 5.96. The molecule has 15 nitrogen and oxygen atoms in total. The number of anilines is 2. The summed E-state index contributed by atoms with van der Waals surface area (Å²) in [4.78, 5) is 49.7. The Kier molecular flexibility index (Phi) is 9.28. The Morgan fingerprint density at radius 3 is 2.49 bits per heavy atom. The van der Waals surface area contributed by atoms with Crippen LogP contribution in [0.1, 0.15) is 60.0 Å². The second kappa shape index (κ2) is 14.2. The van der Waals surface area contributed by atoms with Crippen molar-refractivity contribution in [1.82, 2.24) is 40.5 Å². The molecule has 53 heavy (non-hydrogen) atoms. The Hall–Kier alpha value is -5.41. The van der Waals surface area contributed by atoms with Crippen LogP contribution in [0.2, 0.25) is 0 Å². The fourth-order valence-electron chi connectivity index (χ4n) is 7.47. The molecule has 2 aromatic heterocycles. The Bertz CT molecular complexity index is 1990. The largest absolute Gasteiger partial charge is 0.393 e. The number of nitrogens with zero attached hydrogens (tertiary/aromatic N) is 6. The lowest BCUT2D eigenvalue weighted by atomic mass is 9.97. The first-order valence-electron chi connectivity index (χ1n) is 18.6. The number of hydrogen-bond acceptors (Lipinski definition) is 11. The number of carbonyl (C=O) groups excluding carboxylic acids is 3. The molecule has 4 fully saturated rings. The maximum Gasteiger partial charge on any atom is 0.272 e. The zero-order valence-electron chi connectivity index (χ0n) is 30.3.